The van der Waals surface area contributed by atoms with Crippen LogP contribution in [0.2, 0.25) is 12.1 Å². The van der Waals surface area contributed by atoms with Gasteiger partial charge in [-0.15, -0.1) is 0 Å². The van der Waals surface area contributed by atoms with E-state index in [2.05, 4.69) is 19.9 Å². The Morgan fingerprint density at radius 1 is 0.647 bits per heavy atom. The van der Waals surface area contributed by atoms with Crippen LogP contribution in [0.15, 0.2) is 36.4 Å². The van der Waals surface area contributed by atoms with Gasteiger partial charge in [0.1, 0.15) is 19.6 Å². The minimum absolute atomic E-state index is 0.00684. The summed E-state index contributed by atoms with van der Waals surface area (Å²) in [7, 11) is -0.259. The van der Waals surface area contributed by atoms with Crippen LogP contribution in [-0.2, 0) is 31.5 Å². The van der Waals surface area contributed by atoms with Crippen LogP contribution in [0.3, 0.4) is 0 Å². The zero-order valence-corrected chi connectivity index (χ0v) is 33.4. The van der Waals surface area contributed by atoms with E-state index in [1.165, 1.54) is 0 Å². The molecule has 10 nitrogen and oxygen atoms in total. The van der Waals surface area contributed by atoms with Crippen molar-refractivity contribution in [3.05, 3.63) is 58.7 Å². The van der Waals surface area contributed by atoms with Crippen LogP contribution in [-0.4, -0.2) is 105 Å². The summed E-state index contributed by atoms with van der Waals surface area (Å²) in [5.41, 5.74) is 3.24. The van der Waals surface area contributed by atoms with Gasteiger partial charge in [0.15, 0.2) is 0 Å². The second-order valence-electron chi connectivity index (χ2n) is 16.1. The van der Waals surface area contributed by atoms with Gasteiger partial charge in [-0.05, 0) is 116 Å². The number of phenolic OH excluding ortho intramolecular Hbond substituents is 2. The molecule has 0 spiro atoms. The summed E-state index contributed by atoms with van der Waals surface area (Å²) in [6.07, 6.45) is 6.32. The summed E-state index contributed by atoms with van der Waals surface area (Å²) in [5.74, 6) is 1.13. The normalized spacial score (nSPS) is 24.9. The Morgan fingerprint density at radius 2 is 1.06 bits per heavy atom. The molecule has 4 rings (SSSR count). The number of aliphatic hydroxyl groups is 5. The van der Waals surface area contributed by atoms with Gasteiger partial charge in [0.2, 0.25) is 0 Å². The van der Waals surface area contributed by atoms with Gasteiger partial charge in [0, 0.05) is 51.5 Å². The van der Waals surface area contributed by atoms with Crippen LogP contribution in [0.1, 0.15) is 87.5 Å². The lowest BCUT2D eigenvalue weighted by Gasteiger charge is -2.35. The lowest BCUT2D eigenvalue weighted by molar-refractivity contribution is 0.0414. The highest BCUT2D eigenvalue weighted by Gasteiger charge is 2.40. The summed E-state index contributed by atoms with van der Waals surface area (Å²) in [5, 5.41) is 73.4. The van der Waals surface area contributed by atoms with Gasteiger partial charge < -0.3 is 49.0 Å². The average Bonchev–Trinajstić information content (AvgIpc) is 3.13. The predicted molar refractivity (Wildman–Crippen MR) is 202 cm³/mol. The quantitative estimate of drug-likeness (QED) is 0.106. The molecule has 2 aromatic carbocycles. The first kappa shape index (κ1) is 41.9. The molecule has 7 N–H and O–H groups in total. The molecule has 12 heteroatoms. The lowest BCUT2D eigenvalue weighted by atomic mass is 9.73. The zero-order valence-electron chi connectivity index (χ0n) is 31.4. The average molecular weight is 749 g/mol. The fraction of sp³-hybridized carbons (Fsp3) is 0.692. The highest BCUT2D eigenvalue weighted by atomic mass is 28.4. The van der Waals surface area contributed by atoms with Crippen molar-refractivity contribution in [3.63, 3.8) is 0 Å². The second-order valence-corrected chi connectivity index (χ2v) is 23.6. The van der Waals surface area contributed by atoms with Crippen LogP contribution in [0.25, 0.3) is 0 Å². The van der Waals surface area contributed by atoms with E-state index in [0.29, 0.717) is 43.7 Å². The van der Waals surface area contributed by atoms with E-state index in [1.807, 2.05) is 18.2 Å². The third-order valence-electron chi connectivity index (χ3n) is 12.6. The topological polar surface area (TPSA) is 169 Å². The molecule has 0 aliphatic heterocycles. The van der Waals surface area contributed by atoms with Crippen LogP contribution in [0.4, 0.5) is 0 Å². The van der Waals surface area contributed by atoms with Gasteiger partial charge in [0.05, 0.1) is 12.2 Å². The third kappa shape index (κ3) is 10.2. The molecule has 6 atom stereocenters. The summed E-state index contributed by atoms with van der Waals surface area (Å²) in [6.45, 7) is 4.27. The molecule has 2 aliphatic carbocycles. The molecule has 6 unspecified atom stereocenters. The molecule has 0 bridgehead atoms. The number of hydrogen-bond acceptors (Lipinski definition) is 10. The standard InChI is InChI=1S/C39H64O10Si2/c1-39(2,33-10-12-35(43)31(22-33)20-29-8-6-27(18-37(29)45)14-16-50(24-40,25-41)26-42)34-11-13-36(44)32(23-34)21-30-9-7-28(19-38(30)46)15-17-51(47-3,48-4)49-5/h10-13,22-23,27-30,37-38,40-46H,6-9,14-21,24-26H2,1-5H3. The van der Waals surface area contributed by atoms with E-state index < -0.39 is 34.5 Å². The molecule has 0 aromatic heterocycles. The predicted octanol–water partition coefficient (Wildman–Crippen LogP) is 4.76. The maximum absolute atomic E-state index is 11.2. The molecule has 0 saturated heterocycles. The molecule has 2 saturated carbocycles. The van der Waals surface area contributed by atoms with Crippen molar-refractivity contribution in [2.24, 2.45) is 23.7 Å². The number of hydrogen-bond donors (Lipinski definition) is 7. The highest BCUT2D eigenvalue weighted by Crippen LogP contribution is 2.41. The Labute approximate surface area is 306 Å². The highest BCUT2D eigenvalue weighted by molar-refractivity contribution is 6.79. The largest absolute Gasteiger partial charge is 0.508 e. The van der Waals surface area contributed by atoms with E-state index in [4.69, 9.17) is 13.3 Å². The molecular formula is C39H64O10Si2. The second kappa shape index (κ2) is 18.5. The van der Waals surface area contributed by atoms with Crippen molar-refractivity contribution in [1.82, 2.24) is 0 Å². The van der Waals surface area contributed by atoms with E-state index in [0.717, 1.165) is 60.8 Å². The molecule has 0 heterocycles. The SMILES string of the molecule is CO[Si](CCC1CCC(Cc2cc(C(C)(C)c3ccc(O)c(CC4CCC(CC[Si](CO)(CO)CO)CC4O)c3)ccc2O)C(O)C1)(OC)OC. The molecular weight excluding hydrogens is 685 g/mol. The number of benzene rings is 2. The van der Waals surface area contributed by atoms with E-state index >= 15 is 0 Å². The van der Waals surface area contributed by atoms with Crippen molar-refractivity contribution in [2.45, 2.75) is 108 Å². The van der Waals surface area contributed by atoms with Crippen molar-refractivity contribution < 1.29 is 49.0 Å². The third-order valence-corrected chi connectivity index (χ3v) is 18.7. The zero-order chi connectivity index (χ0) is 37.4. The maximum Gasteiger partial charge on any atom is 0.500 e. The summed E-state index contributed by atoms with van der Waals surface area (Å²) >= 11 is 0. The molecule has 288 valence electrons. The molecule has 2 fully saturated rings. The minimum atomic E-state index is -2.66. The number of aromatic hydroxyl groups is 2. The fourth-order valence-corrected chi connectivity index (χ4v) is 12.1. The van der Waals surface area contributed by atoms with Crippen molar-refractivity contribution in [3.8, 4) is 11.5 Å². The van der Waals surface area contributed by atoms with Gasteiger partial charge in [-0.1, -0.05) is 50.6 Å². The first-order valence-electron chi connectivity index (χ1n) is 18.8. The first-order valence-corrected chi connectivity index (χ1v) is 23.5. The van der Waals surface area contributed by atoms with E-state index in [-0.39, 0.29) is 47.9 Å². The number of phenols is 2. The number of rotatable bonds is 18. The molecule has 0 radical (unpaired) electrons. The fourth-order valence-electron chi connectivity index (χ4n) is 8.43. The molecule has 2 aromatic rings. The van der Waals surface area contributed by atoms with E-state index in [9.17, 15) is 35.7 Å². The Hall–Kier alpha value is -1.85. The van der Waals surface area contributed by atoms with Crippen molar-refractivity contribution in [2.75, 3.05) is 40.0 Å². The lowest BCUT2D eigenvalue weighted by Crippen LogP contribution is -2.48. The smallest absolute Gasteiger partial charge is 0.500 e. The van der Waals surface area contributed by atoms with Crippen LogP contribution >= 0.6 is 0 Å². The van der Waals surface area contributed by atoms with Gasteiger partial charge in [0.25, 0.3) is 0 Å². The van der Waals surface area contributed by atoms with E-state index in [1.54, 1.807) is 33.5 Å². The Bertz CT molecular complexity index is 1260. The van der Waals surface area contributed by atoms with Gasteiger partial charge in [-0.25, -0.2) is 0 Å². The van der Waals surface area contributed by atoms with Crippen LogP contribution in [0.5, 0.6) is 11.5 Å². The van der Waals surface area contributed by atoms with Gasteiger partial charge >= 0.3 is 8.80 Å². The monoisotopic (exact) mass is 748 g/mol. The van der Waals surface area contributed by atoms with Crippen LogP contribution in [0, 0.1) is 23.7 Å². The van der Waals surface area contributed by atoms with Crippen LogP contribution < -0.4 is 0 Å². The first-order chi connectivity index (χ1) is 24.3. The van der Waals surface area contributed by atoms with Gasteiger partial charge in [-0.2, -0.15) is 0 Å². The summed E-state index contributed by atoms with van der Waals surface area (Å²) < 4.78 is 16.7. The Morgan fingerprint density at radius 3 is 1.43 bits per heavy atom. The van der Waals surface area contributed by atoms with Gasteiger partial charge in [-0.3, -0.25) is 0 Å². The van der Waals surface area contributed by atoms with Crippen molar-refractivity contribution in [1.29, 1.82) is 0 Å². The maximum atomic E-state index is 11.2. The number of aliphatic hydroxyl groups excluding tert-OH is 5. The summed E-state index contributed by atoms with van der Waals surface area (Å²) in [6, 6.07) is 12.8. The van der Waals surface area contributed by atoms with Crippen molar-refractivity contribution >= 4 is 16.9 Å². The Kier molecular flexibility index (Phi) is 15.2. The molecule has 51 heavy (non-hydrogen) atoms. The molecule has 2 aliphatic rings. The molecule has 0 amide bonds. The Balaban J connectivity index is 1.40. The summed E-state index contributed by atoms with van der Waals surface area (Å²) in [4.78, 5) is 0. The minimum Gasteiger partial charge on any atom is -0.508 e.